The Labute approximate surface area is 92.0 Å². The van der Waals surface area contributed by atoms with Crippen molar-refractivity contribution in [3.63, 3.8) is 0 Å². The lowest BCUT2D eigenvalue weighted by Gasteiger charge is -2.29. The zero-order valence-corrected chi connectivity index (χ0v) is 10.2. The molecule has 1 heterocycles. The second-order valence-electron chi connectivity index (χ2n) is 4.79. The van der Waals surface area contributed by atoms with Crippen LogP contribution >= 0.6 is 0 Å². The van der Waals surface area contributed by atoms with Crippen LogP contribution in [-0.2, 0) is 9.53 Å². The Bertz CT molecular complexity index is 223. The third-order valence-electron chi connectivity index (χ3n) is 3.10. The van der Waals surface area contributed by atoms with Crippen molar-refractivity contribution in [1.29, 1.82) is 0 Å². The lowest BCUT2D eigenvalue weighted by atomic mass is 10.0. The SMILES string of the molecule is COC(C)(C)CC(=O)N(C)C1CCNC1. The Balaban J connectivity index is 2.45. The van der Waals surface area contributed by atoms with E-state index in [4.69, 9.17) is 4.74 Å². The summed E-state index contributed by atoms with van der Waals surface area (Å²) in [6, 6.07) is 0.352. The van der Waals surface area contributed by atoms with Crippen molar-refractivity contribution in [1.82, 2.24) is 10.2 Å². The van der Waals surface area contributed by atoms with Gasteiger partial charge in [-0.25, -0.2) is 0 Å². The van der Waals surface area contributed by atoms with Crippen LogP contribution in [0.25, 0.3) is 0 Å². The van der Waals surface area contributed by atoms with Crippen molar-refractivity contribution < 1.29 is 9.53 Å². The molecule has 0 bridgehead atoms. The lowest BCUT2D eigenvalue weighted by Crippen LogP contribution is -2.41. The summed E-state index contributed by atoms with van der Waals surface area (Å²) in [6.45, 7) is 5.79. The van der Waals surface area contributed by atoms with Crippen LogP contribution in [0.5, 0.6) is 0 Å². The Morgan fingerprint density at radius 3 is 2.73 bits per heavy atom. The van der Waals surface area contributed by atoms with E-state index < -0.39 is 0 Å². The van der Waals surface area contributed by atoms with Gasteiger partial charge in [0.05, 0.1) is 12.0 Å². The van der Waals surface area contributed by atoms with E-state index in [0.717, 1.165) is 19.5 Å². The van der Waals surface area contributed by atoms with Crippen molar-refractivity contribution in [2.45, 2.75) is 38.3 Å². The maximum absolute atomic E-state index is 11.9. The molecule has 1 unspecified atom stereocenters. The number of likely N-dealkylation sites (N-methyl/N-ethyl adjacent to an activating group) is 1. The molecule has 88 valence electrons. The molecule has 1 rings (SSSR count). The minimum Gasteiger partial charge on any atom is -0.378 e. The molecule has 1 fully saturated rings. The minimum atomic E-state index is -0.364. The van der Waals surface area contributed by atoms with E-state index >= 15 is 0 Å². The normalized spacial score (nSPS) is 21.7. The number of hydrogen-bond acceptors (Lipinski definition) is 3. The molecule has 0 aliphatic carbocycles. The molecule has 15 heavy (non-hydrogen) atoms. The number of amides is 1. The molecule has 1 aliphatic heterocycles. The van der Waals surface area contributed by atoms with E-state index in [-0.39, 0.29) is 11.5 Å². The highest BCUT2D eigenvalue weighted by Gasteiger charge is 2.28. The Hall–Kier alpha value is -0.610. The first-order valence-corrected chi connectivity index (χ1v) is 5.48. The van der Waals surface area contributed by atoms with Gasteiger partial charge in [-0.2, -0.15) is 0 Å². The van der Waals surface area contributed by atoms with Gasteiger partial charge in [0.1, 0.15) is 0 Å². The summed E-state index contributed by atoms with van der Waals surface area (Å²) in [5.41, 5.74) is -0.364. The molecule has 4 heteroatoms. The second kappa shape index (κ2) is 4.94. The number of nitrogens with one attached hydrogen (secondary N) is 1. The Kier molecular flexibility index (Phi) is 4.11. The van der Waals surface area contributed by atoms with E-state index in [1.807, 2.05) is 25.8 Å². The van der Waals surface area contributed by atoms with Gasteiger partial charge < -0.3 is 15.0 Å². The first-order chi connectivity index (χ1) is 6.96. The average molecular weight is 214 g/mol. The number of methoxy groups -OCH3 is 1. The first-order valence-electron chi connectivity index (χ1n) is 5.48. The Morgan fingerprint density at radius 2 is 2.27 bits per heavy atom. The van der Waals surface area contributed by atoms with Crippen LogP contribution in [0.15, 0.2) is 0 Å². The van der Waals surface area contributed by atoms with Crippen molar-refractivity contribution in [3.8, 4) is 0 Å². The van der Waals surface area contributed by atoms with Crippen molar-refractivity contribution in [3.05, 3.63) is 0 Å². The lowest BCUT2D eigenvalue weighted by molar-refractivity contribution is -0.136. The molecule has 1 atom stereocenters. The molecule has 4 nitrogen and oxygen atoms in total. The number of hydrogen-bond donors (Lipinski definition) is 1. The van der Waals surface area contributed by atoms with Crippen LogP contribution in [0.3, 0.4) is 0 Å². The van der Waals surface area contributed by atoms with E-state index in [0.29, 0.717) is 12.5 Å². The third-order valence-corrected chi connectivity index (χ3v) is 3.10. The van der Waals surface area contributed by atoms with Gasteiger partial charge in [0.15, 0.2) is 0 Å². The summed E-state index contributed by atoms with van der Waals surface area (Å²) >= 11 is 0. The molecular formula is C11H22N2O2. The highest BCUT2D eigenvalue weighted by atomic mass is 16.5. The predicted octanol–water partition coefficient (Wildman–Crippen LogP) is 0.622. The van der Waals surface area contributed by atoms with Crippen LogP contribution in [0.4, 0.5) is 0 Å². The van der Waals surface area contributed by atoms with Gasteiger partial charge in [-0.3, -0.25) is 4.79 Å². The average Bonchev–Trinajstić information content (AvgIpc) is 2.68. The molecule has 0 radical (unpaired) electrons. The van der Waals surface area contributed by atoms with Gasteiger partial charge in [0.25, 0.3) is 0 Å². The summed E-state index contributed by atoms with van der Waals surface area (Å²) in [4.78, 5) is 13.8. The molecule has 0 spiro atoms. The maximum Gasteiger partial charge on any atom is 0.225 e. The zero-order chi connectivity index (χ0) is 11.5. The predicted molar refractivity (Wildman–Crippen MR) is 59.7 cm³/mol. The van der Waals surface area contributed by atoms with Gasteiger partial charge in [0.2, 0.25) is 5.91 Å². The van der Waals surface area contributed by atoms with Crippen molar-refractivity contribution in [2.75, 3.05) is 27.2 Å². The molecular weight excluding hydrogens is 192 g/mol. The fourth-order valence-electron chi connectivity index (χ4n) is 1.73. The van der Waals surface area contributed by atoms with Gasteiger partial charge in [-0.15, -0.1) is 0 Å². The minimum absolute atomic E-state index is 0.163. The van der Waals surface area contributed by atoms with Crippen LogP contribution in [0, 0.1) is 0 Å². The van der Waals surface area contributed by atoms with Crippen LogP contribution in [0.2, 0.25) is 0 Å². The second-order valence-corrected chi connectivity index (χ2v) is 4.79. The molecule has 0 aromatic rings. The molecule has 0 aromatic heterocycles. The maximum atomic E-state index is 11.9. The summed E-state index contributed by atoms with van der Waals surface area (Å²) in [6.07, 6.45) is 1.49. The van der Waals surface area contributed by atoms with Gasteiger partial charge >= 0.3 is 0 Å². The number of carbonyl (C=O) groups is 1. The molecule has 0 saturated carbocycles. The fourth-order valence-corrected chi connectivity index (χ4v) is 1.73. The highest BCUT2D eigenvalue weighted by Crippen LogP contribution is 2.16. The number of ether oxygens (including phenoxy) is 1. The third kappa shape index (κ3) is 3.47. The Morgan fingerprint density at radius 1 is 1.60 bits per heavy atom. The number of rotatable bonds is 4. The van der Waals surface area contributed by atoms with E-state index in [9.17, 15) is 4.79 Å². The largest absolute Gasteiger partial charge is 0.378 e. The monoisotopic (exact) mass is 214 g/mol. The smallest absolute Gasteiger partial charge is 0.225 e. The number of nitrogens with zero attached hydrogens (tertiary/aromatic N) is 1. The molecule has 1 aliphatic rings. The summed E-state index contributed by atoms with van der Waals surface area (Å²) < 4.78 is 5.26. The zero-order valence-electron chi connectivity index (χ0n) is 10.2. The van der Waals surface area contributed by atoms with E-state index in [1.54, 1.807) is 7.11 Å². The number of carbonyl (C=O) groups excluding carboxylic acids is 1. The summed E-state index contributed by atoms with van der Waals surface area (Å²) in [5.74, 6) is 0.163. The molecule has 1 amide bonds. The van der Waals surface area contributed by atoms with Gasteiger partial charge in [-0.05, 0) is 26.8 Å². The van der Waals surface area contributed by atoms with Gasteiger partial charge in [0, 0.05) is 26.7 Å². The van der Waals surface area contributed by atoms with E-state index in [2.05, 4.69) is 5.32 Å². The van der Waals surface area contributed by atoms with Crippen LogP contribution < -0.4 is 5.32 Å². The fraction of sp³-hybridized carbons (Fsp3) is 0.909. The van der Waals surface area contributed by atoms with Crippen LogP contribution in [-0.4, -0.2) is 49.7 Å². The summed E-state index contributed by atoms with van der Waals surface area (Å²) in [7, 11) is 3.52. The van der Waals surface area contributed by atoms with Gasteiger partial charge in [-0.1, -0.05) is 0 Å². The molecule has 1 saturated heterocycles. The molecule has 0 aromatic carbocycles. The standard InChI is InChI=1S/C11H22N2O2/c1-11(2,15-4)7-10(14)13(3)9-5-6-12-8-9/h9,12H,5-8H2,1-4H3. The quantitative estimate of drug-likeness (QED) is 0.746. The van der Waals surface area contributed by atoms with Crippen molar-refractivity contribution >= 4 is 5.91 Å². The topological polar surface area (TPSA) is 41.6 Å². The van der Waals surface area contributed by atoms with Crippen molar-refractivity contribution in [2.24, 2.45) is 0 Å². The molecule has 1 N–H and O–H groups in total. The highest BCUT2D eigenvalue weighted by molar-refractivity contribution is 5.77. The summed E-state index contributed by atoms with van der Waals surface area (Å²) in [5, 5.41) is 3.26. The van der Waals surface area contributed by atoms with E-state index in [1.165, 1.54) is 0 Å². The van der Waals surface area contributed by atoms with Crippen LogP contribution in [0.1, 0.15) is 26.7 Å². The first kappa shape index (κ1) is 12.5.